The lowest BCUT2D eigenvalue weighted by atomic mass is 10.1. The maximum atomic E-state index is 12.7. The summed E-state index contributed by atoms with van der Waals surface area (Å²) in [4.78, 5) is 24.9. The van der Waals surface area contributed by atoms with Crippen molar-refractivity contribution >= 4 is 51.5 Å². The van der Waals surface area contributed by atoms with Crippen molar-refractivity contribution in [1.82, 2.24) is 5.32 Å². The summed E-state index contributed by atoms with van der Waals surface area (Å²) in [6.45, 7) is 0. The van der Waals surface area contributed by atoms with E-state index in [1.807, 2.05) is 30.3 Å². The van der Waals surface area contributed by atoms with E-state index in [4.69, 9.17) is 16.0 Å². The number of hydrogen-bond acceptors (Lipinski definition) is 7. The Hall–Kier alpha value is -2.97. The third-order valence-electron chi connectivity index (χ3n) is 3.93. The Bertz CT molecular complexity index is 1120. The number of benzene rings is 2. The number of nitrogens with one attached hydrogen (secondary N) is 1. The Morgan fingerprint density at radius 1 is 1.26 bits per heavy atom. The maximum Gasteiger partial charge on any atom is 0.353 e. The molecule has 0 bridgehead atoms. The molecule has 7 nitrogen and oxygen atoms in total. The number of carbonyl (C=O) groups excluding carboxylic acids is 1. The second kappa shape index (κ2) is 6.98. The van der Waals surface area contributed by atoms with Crippen LogP contribution in [0.2, 0.25) is 5.02 Å². The Kier molecular flexibility index (Phi) is 4.51. The van der Waals surface area contributed by atoms with Crippen LogP contribution in [0, 0.1) is 0 Å². The minimum Gasteiger partial charge on any atom is -0.506 e. The number of fused-ring (bicyclic) bond motifs is 1. The van der Waals surface area contributed by atoms with Crippen LogP contribution in [-0.2, 0) is 0 Å². The molecule has 2 aromatic carbocycles. The zero-order chi connectivity index (χ0) is 19.0. The van der Waals surface area contributed by atoms with E-state index in [-0.39, 0.29) is 11.0 Å². The van der Waals surface area contributed by atoms with Crippen LogP contribution >= 0.6 is 23.4 Å². The van der Waals surface area contributed by atoms with Gasteiger partial charge in [0.2, 0.25) is 0 Å². The molecule has 2 heterocycles. The van der Waals surface area contributed by atoms with Gasteiger partial charge in [-0.15, -0.1) is 0 Å². The molecule has 0 spiro atoms. The number of anilines is 1. The fourth-order valence-corrected chi connectivity index (χ4v) is 3.57. The third kappa shape index (κ3) is 3.24. The number of hydrazone groups is 1. The van der Waals surface area contributed by atoms with E-state index in [0.29, 0.717) is 5.02 Å². The highest BCUT2D eigenvalue weighted by Gasteiger charge is 2.28. The highest BCUT2D eigenvalue weighted by Crippen LogP contribution is 2.30. The first-order valence-corrected chi connectivity index (χ1v) is 9.15. The number of para-hydroxylation sites is 1. The maximum absolute atomic E-state index is 12.7. The van der Waals surface area contributed by atoms with Gasteiger partial charge in [-0.3, -0.25) is 4.79 Å². The second-order valence-corrected chi connectivity index (χ2v) is 6.98. The summed E-state index contributed by atoms with van der Waals surface area (Å²) in [5.41, 5.74) is 0.474. The average Bonchev–Trinajstić information content (AvgIpc) is 3.10. The van der Waals surface area contributed by atoms with Crippen LogP contribution in [-0.4, -0.2) is 22.1 Å². The fourth-order valence-electron chi connectivity index (χ4n) is 2.67. The van der Waals surface area contributed by atoms with E-state index >= 15 is 0 Å². The Morgan fingerprint density at radius 2 is 2.04 bits per heavy atom. The highest BCUT2D eigenvalue weighted by molar-refractivity contribution is 8.12. The number of rotatable bonds is 3. The van der Waals surface area contributed by atoms with Crippen LogP contribution < -0.4 is 16.0 Å². The number of carbonyl (C=O) groups is 1. The van der Waals surface area contributed by atoms with Gasteiger partial charge in [0.1, 0.15) is 11.3 Å². The van der Waals surface area contributed by atoms with Gasteiger partial charge in [0, 0.05) is 11.1 Å². The molecule has 0 saturated carbocycles. The molecule has 0 aliphatic carbocycles. The topological polar surface area (TPSA) is 95.1 Å². The summed E-state index contributed by atoms with van der Waals surface area (Å²) in [5.74, 6) is -1.22. The molecule has 1 aromatic heterocycles. The summed E-state index contributed by atoms with van der Waals surface area (Å²) in [7, 11) is 0. The van der Waals surface area contributed by atoms with Crippen molar-refractivity contribution in [2.45, 2.75) is 5.50 Å². The fraction of sp³-hybridized carbons (Fsp3) is 0.0556. The van der Waals surface area contributed by atoms with Crippen molar-refractivity contribution in [3.8, 4) is 5.75 Å². The Balaban J connectivity index is 1.65. The van der Waals surface area contributed by atoms with Crippen molar-refractivity contribution in [2.75, 3.05) is 5.01 Å². The lowest BCUT2D eigenvalue weighted by molar-refractivity contribution is 0.0943. The third-order valence-corrected chi connectivity index (χ3v) is 4.95. The minimum atomic E-state index is -0.949. The van der Waals surface area contributed by atoms with E-state index in [0.717, 1.165) is 5.69 Å². The zero-order valence-corrected chi connectivity index (χ0v) is 15.2. The van der Waals surface area contributed by atoms with Gasteiger partial charge >= 0.3 is 5.63 Å². The normalized spacial score (nSPS) is 16.0. The molecule has 1 atom stereocenters. The lowest BCUT2D eigenvalue weighted by Gasteiger charge is -2.23. The molecule has 4 rings (SSSR count). The van der Waals surface area contributed by atoms with Crippen LogP contribution in [0.4, 0.5) is 5.69 Å². The van der Waals surface area contributed by atoms with Gasteiger partial charge in [0.25, 0.3) is 5.91 Å². The number of thioether (sulfide) groups is 1. The first kappa shape index (κ1) is 17.4. The van der Waals surface area contributed by atoms with E-state index in [2.05, 4.69) is 10.4 Å². The minimum absolute atomic E-state index is 0.103. The van der Waals surface area contributed by atoms with Gasteiger partial charge in [-0.2, -0.15) is 5.10 Å². The van der Waals surface area contributed by atoms with Crippen molar-refractivity contribution < 1.29 is 14.3 Å². The van der Waals surface area contributed by atoms with Gasteiger partial charge in [0.15, 0.2) is 11.1 Å². The quantitative estimate of drug-likeness (QED) is 0.653. The van der Waals surface area contributed by atoms with E-state index in [1.165, 1.54) is 30.0 Å². The van der Waals surface area contributed by atoms with Crippen LogP contribution in [0.1, 0.15) is 10.4 Å². The van der Waals surface area contributed by atoms with Gasteiger partial charge in [0.05, 0.1) is 16.6 Å². The van der Waals surface area contributed by atoms with Crippen LogP contribution in [0.5, 0.6) is 5.75 Å². The molecule has 2 N–H and O–H groups in total. The largest absolute Gasteiger partial charge is 0.506 e. The van der Waals surface area contributed by atoms with Gasteiger partial charge in [-0.1, -0.05) is 41.6 Å². The van der Waals surface area contributed by atoms with Gasteiger partial charge < -0.3 is 14.8 Å². The summed E-state index contributed by atoms with van der Waals surface area (Å²) in [5, 5.41) is 19.5. The molecule has 1 aliphatic rings. The average molecular weight is 402 g/mol. The molecule has 1 unspecified atom stereocenters. The molecule has 9 heteroatoms. The van der Waals surface area contributed by atoms with Gasteiger partial charge in [-0.25, -0.2) is 9.80 Å². The van der Waals surface area contributed by atoms with Gasteiger partial charge in [-0.05, 0) is 24.3 Å². The predicted octanol–water partition coefficient (Wildman–Crippen LogP) is 3.36. The van der Waals surface area contributed by atoms with Crippen LogP contribution in [0.25, 0.3) is 11.0 Å². The predicted molar refractivity (Wildman–Crippen MR) is 105 cm³/mol. The lowest BCUT2D eigenvalue weighted by Crippen LogP contribution is -2.42. The first-order valence-electron chi connectivity index (χ1n) is 7.83. The molecule has 136 valence electrons. The number of aromatic hydroxyl groups is 1. The zero-order valence-electron chi connectivity index (χ0n) is 13.6. The molecule has 27 heavy (non-hydrogen) atoms. The number of halogens is 1. The van der Waals surface area contributed by atoms with Crippen molar-refractivity contribution in [2.24, 2.45) is 5.10 Å². The number of amides is 1. The van der Waals surface area contributed by atoms with Crippen LogP contribution in [0.3, 0.4) is 0 Å². The molecular formula is C18H12ClN3O4S. The number of hydrogen-bond donors (Lipinski definition) is 2. The van der Waals surface area contributed by atoms with Crippen molar-refractivity contribution in [1.29, 1.82) is 0 Å². The molecular weight excluding hydrogens is 390 g/mol. The van der Waals surface area contributed by atoms with E-state index < -0.39 is 28.3 Å². The van der Waals surface area contributed by atoms with E-state index in [1.54, 1.807) is 10.6 Å². The molecule has 0 fully saturated rings. The summed E-state index contributed by atoms with van der Waals surface area (Å²) >= 11 is 7.12. The number of nitrogens with zero attached hydrogens (tertiary/aromatic N) is 2. The Morgan fingerprint density at radius 3 is 2.81 bits per heavy atom. The SMILES string of the molecule is O=C(NC1SC=NN1c1ccccc1)c1c(O)c2ccc(Cl)cc2oc1=O. The molecule has 0 radical (unpaired) electrons. The first-order chi connectivity index (χ1) is 13.0. The highest BCUT2D eigenvalue weighted by atomic mass is 35.5. The molecule has 3 aromatic rings. The van der Waals surface area contributed by atoms with Crippen molar-refractivity contribution in [3.05, 3.63) is 69.5 Å². The molecule has 0 saturated heterocycles. The Labute approximate surface area is 162 Å². The summed E-state index contributed by atoms with van der Waals surface area (Å²) < 4.78 is 5.14. The standard InChI is InChI=1S/C18H12ClN3O4S/c19-10-6-7-12-13(8-10)26-17(25)14(15(12)23)16(24)21-18-22(20-9-27-18)11-4-2-1-3-5-11/h1-9,18,23H,(H,21,24). The van der Waals surface area contributed by atoms with Crippen LogP contribution in [0.15, 0.2) is 62.8 Å². The second-order valence-electron chi connectivity index (χ2n) is 5.62. The molecule has 1 aliphatic heterocycles. The smallest absolute Gasteiger partial charge is 0.353 e. The van der Waals surface area contributed by atoms with E-state index in [9.17, 15) is 14.7 Å². The monoisotopic (exact) mass is 401 g/mol. The summed E-state index contributed by atoms with van der Waals surface area (Å²) in [6, 6.07) is 13.7. The molecule has 1 amide bonds. The van der Waals surface area contributed by atoms with Crippen molar-refractivity contribution in [3.63, 3.8) is 0 Å². The summed E-state index contributed by atoms with van der Waals surface area (Å²) in [6.07, 6.45) is 0.